The van der Waals surface area contributed by atoms with Gasteiger partial charge < -0.3 is 15.4 Å². The van der Waals surface area contributed by atoms with Gasteiger partial charge in [0.05, 0.1) is 0 Å². The number of nitrogen functional groups attached to an aromatic ring is 1. The van der Waals surface area contributed by atoms with E-state index in [2.05, 4.69) is 0 Å². The topological polar surface area (TPSA) is 85.3 Å². The maximum atomic E-state index is 11.1. The van der Waals surface area contributed by atoms with E-state index in [4.69, 9.17) is 10.8 Å². The van der Waals surface area contributed by atoms with E-state index in [1.54, 1.807) is 0 Å². The monoisotopic (exact) mass is 168 g/mol. The lowest BCUT2D eigenvalue weighted by atomic mass is 10.2. The average molecular weight is 168 g/mol. The molecule has 1 aromatic rings. The predicted octanol–water partition coefficient (Wildman–Crippen LogP) is -0.334. The Labute approximate surface area is 68.0 Å². The molecule has 0 saturated carbocycles. The van der Waals surface area contributed by atoms with Crippen molar-refractivity contribution < 1.29 is 9.90 Å². The Morgan fingerprint density at radius 3 is 2.75 bits per heavy atom. The smallest absolute Gasteiger partial charge is 0.341 e. The molecule has 0 spiro atoms. The number of aromatic nitrogens is 1. The summed E-state index contributed by atoms with van der Waals surface area (Å²) in [5, 5.41) is 8.55. The summed E-state index contributed by atoms with van der Waals surface area (Å²) >= 11 is 0. The van der Waals surface area contributed by atoms with Crippen LogP contribution in [0.5, 0.6) is 0 Å². The number of carboxylic acids is 1. The van der Waals surface area contributed by atoms with E-state index < -0.39 is 11.5 Å². The lowest BCUT2D eigenvalue weighted by Gasteiger charge is -2.00. The fraction of sp³-hybridized carbons (Fsp3) is 0.143. The van der Waals surface area contributed by atoms with Crippen LogP contribution in [-0.4, -0.2) is 15.6 Å². The van der Waals surface area contributed by atoms with Crippen LogP contribution in [-0.2, 0) is 7.05 Å². The number of aromatic carboxylic acids is 1. The minimum atomic E-state index is -1.26. The number of carbonyl (C=O) groups is 1. The van der Waals surface area contributed by atoms with Gasteiger partial charge in [-0.15, -0.1) is 0 Å². The maximum absolute atomic E-state index is 11.1. The van der Waals surface area contributed by atoms with Crippen molar-refractivity contribution in [3.05, 3.63) is 28.2 Å². The second-order valence-electron chi connectivity index (χ2n) is 2.41. The molecule has 1 rings (SSSR count). The van der Waals surface area contributed by atoms with Gasteiger partial charge in [-0.1, -0.05) is 0 Å². The van der Waals surface area contributed by atoms with Crippen molar-refractivity contribution in [3.63, 3.8) is 0 Å². The number of rotatable bonds is 1. The summed E-state index contributed by atoms with van der Waals surface area (Å²) in [6.07, 6.45) is 1.37. The van der Waals surface area contributed by atoms with Gasteiger partial charge >= 0.3 is 5.97 Å². The molecule has 1 aromatic heterocycles. The number of hydrogen-bond acceptors (Lipinski definition) is 3. The van der Waals surface area contributed by atoms with Crippen LogP contribution in [0.3, 0.4) is 0 Å². The summed E-state index contributed by atoms with van der Waals surface area (Å²) in [6.45, 7) is 0. The first-order valence-electron chi connectivity index (χ1n) is 3.22. The van der Waals surface area contributed by atoms with Gasteiger partial charge in [-0.05, 0) is 6.07 Å². The van der Waals surface area contributed by atoms with Crippen molar-refractivity contribution in [2.45, 2.75) is 0 Å². The second kappa shape index (κ2) is 2.69. The highest BCUT2D eigenvalue weighted by molar-refractivity contribution is 5.88. The number of nitrogens with zero attached hydrogens (tertiary/aromatic N) is 1. The van der Waals surface area contributed by atoms with E-state index in [9.17, 15) is 9.59 Å². The molecule has 0 aromatic carbocycles. The Balaban J connectivity index is 3.49. The van der Waals surface area contributed by atoms with E-state index in [1.807, 2.05) is 0 Å². The normalized spacial score (nSPS) is 9.75. The first-order valence-corrected chi connectivity index (χ1v) is 3.22. The molecule has 5 nitrogen and oxygen atoms in total. The molecule has 0 fully saturated rings. The molecule has 1 heterocycles. The zero-order valence-corrected chi connectivity index (χ0v) is 6.44. The van der Waals surface area contributed by atoms with Crippen molar-refractivity contribution in [3.8, 4) is 0 Å². The molecule has 0 aliphatic heterocycles. The van der Waals surface area contributed by atoms with Crippen LogP contribution >= 0.6 is 0 Å². The van der Waals surface area contributed by atoms with E-state index in [0.29, 0.717) is 0 Å². The van der Waals surface area contributed by atoms with E-state index in [1.165, 1.54) is 13.2 Å². The van der Waals surface area contributed by atoms with E-state index >= 15 is 0 Å². The van der Waals surface area contributed by atoms with Crippen molar-refractivity contribution in [2.24, 2.45) is 7.05 Å². The molecule has 64 valence electrons. The van der Waals surface area contributed by atoms with E-state index in [-0.39, 0.29) is 11.3 Å². The zero-order valence-electron chi connectivity index (χ0n) is 6.44. The Hall–Kier alpha value is -1.78. The predicted molar refractivity (Wildman–Crippen MR) is 43.1 cm³/mol. The van der Waals surface area contributed by atoms with Crippen molar-refractivity contribution >= 4 is 11.7 Å². The molecule has 0 aliphatic rings. The Morgan fingerprint density at radius 2 is 2.25 bits per heavy atom. The van der Waals surface area contributed by atoms with Gasteiger partial charge in [-0.3, -0.25) is 4.79 Å². The molecular formula is C7H8N2O3. The Bertz CT molecular complexity index is 381. The first-order chi connectivity index (χ1) is 5.52. The minimum Gasteiger partial charge on any atom is -0.477 e. The van der Waals surface area contributed by atoms with Gasteiger partial charge in [0, 0.05) is 18.9 Å². The molecule has 0 saturated heterocycles. The van der Waals surface area contributed by atoms with Crippen molar-refractivity contribution in [2.75, 3.05) is 5.73 Å². The van der Waals surface area contributed by atoms with E-state index in [0.717, 1.165) is 10.6 Å². The summed E-state index contributed by atoms with van der Waals surface area (Å²) in [7, 11) is 1.45. The third kappa shape index (κ3) is 1.29. The van der Waals surface area contributed by atoms with Crippen LogP contribution in [0.25, 0.3) is 0 Å². The molecule has 0 aliphatic carbocycles. The molecule has 0 amide bonds. The standard InChI is InChI=1S/C7H8N2O3/c1-9-3-4(8)2-5(6(9)10)7(11)12/h2-3H,8H2,1H3,(H,11,12). The van der Waals surface area contributed by atoms with Gasteiger partial charge in [0.15, 0.2) is 0 Å². The number of pyridine rings is 1. The number of hydrogen-bond donors (Lipinski definition) is 2. The number of carboxylic acid groups (broad SMARTS) is 1. The molecule has 0 radical (unpaired) electrons. The Morgan fingerprint density at radius 1 is 1.67 bits per heavy atom. The van der Waals surface area contributed by atoms with Crippen LogP contribution in [0.1, 0.15) is 10.4 Å². The summed E-state index contributed by atoms with van der Waals surface area (Å²) in [5.74, 6) is -1.26. The quantitative estimate of drug-likeness (QED) is 0.601. The lowest BCUT2D eigenvalue weighted by Crippen LogP contribution is -2.24. The van der Waals surface area contributed by atoms with Gasteiger partial charge in [0.25, 0.3) is 5.56 Å². The number of anilines is 1. The first kappa shape index (κ1) is 8.32. The fourth-order valence-corrected chi connectivity index (χ4v) is 0.891. The summed E-state index contributed by atoms with van der Waals surface area (Å²) in [4.78, 5) is 21.5. The van der Waals surface area contributed by atoms with Crippen LogP contribution < -0.4 is 11.3 Å². The zero-order chi connectivity index (χ0) is 9.30. The molecule has 0 atom stereocenters. The van der Waals surface area contributed by atoms with Crippen LogP contribution in [0.2, 0.25) is 0 Å². The second-order valence-corrected chi connectivity index (χ2v) is 2.41. The SMILES string of the molecule is Cn1cc(N)cc(C(=O)O)c1=O. The molecule has 3 N–H and O–H groups in total. The summed E-state index contributed by atoms with van der Waals surface area (Å²) in [6, 6.07) is 1.14. The summed E-state index contributed by atoms with van der Waals surface area (Å²) < 4.78 is 1.14. The maximum Gasteiger partial charge on any atom is 0.341 e. The number of aryl methyl sites for hydroxylation is 1. The third-order valence-corrected chi connectivity index (χ3v) is 1.43. The van der Waals surface area contributed by atoms with Crippen LogP contribution in [0.4, 0.5) is 5.69 Å². The highest BCUT2D eigenvalue weighted by atomic mass is 16.4. The Kier molecular flexibility index (Phi) is 1.86. The van der Waals surface area contributed by atoms with Gasteiger partial charge in [0.1, 0.15) is 5.56 Å². The van der Waals surface area contributed by atoms with Crippen LogP contribution in [0.15, 0.2) is 17.1 Å². The lowest BCUT2D eigenvalue weighted by molar-refractivity contribution is 0.0694. The van der Waals surface area contributed by atoms with Crippen molar-refractivity contribution in [1.82, 2.24) is 4.57 Å². The molecule has 0 unspecified atom stereocenters. The minimum absolute atomic E-state index is 0.259. The van der Waals surface area contributed by atoms with Crippen molar-refractivity contribution in [1.29, 1.82) is 0 Å². The highest BCUT2D eigenvalue weighted by Gasteiger charge is 2.09. The summed E-state index contributed by atoms with van der Waals surface area (Å²) in [5.41, 5.74) is 4.74. The number of nitrogens with two attached hydrogens (primary N) is 1. The van der Waals surface area contributed by atoms with Gasteiger partial charge in [-0.2, -0.15) is 0 Å². The third-order valence-electron chi connectivity index (χ3n) is 1.43. The molecule has 12 heavy (non-hydrogen) atoms. The van der Waals surface area contributed by atoms with Gasteiger partial charge in [-0.25, -0.2) is 4.79 Å². The molecule has 5 heteroatoms. The van der Waals surface area contributed by atoms with Gasteiger partial charge in [0.2, 0.25) is 0 Å². The molecule has 0 bridgehead atoms. The van der Waals surface area contributed by atoms with Crippen LogP contribution in [0, 0.1) is 0 Å². The molecular weight excluding hydrogens is 160 g/mol. The highest BCUT2D eigenvalue weighted by Crippen LogP contribution is 2.00. The largest absolute Gasteiger partial charge is 0.477 e. The fourth-order valence-electron chi connectivity index (χ4n) is 0.891. The average Bonchev–Trinajstić information content (AvgIpc) is 1.96.